The lowest BCUT2D eigenvalue weighted by atomic mass is 9.84. The van der Waals surface area contributed by atoms with Crippen molar-refractivity contribution in [3.8, 4) is 44.5 Å². The molecule has 9 aromatic rings. The molecule has 9 rings (SSSR count). The van der Waals surface area contributed by atoms with Crippen LogP contribution in [0.1, 0.15) is 0 Å². The normalized spacial score (nSPS) is 11.9. The van der Waals surface area contributed by atoms with E-state index in [1.165, 1.54) is 92.8 Å². The zero-order valence-electron chi connectivity index (χ0n) is 28.7. The summed E-state index contributed by atoms with van der Waals surface area (Å²) in [6.45, 7) is 7.25. The highest BCUT2D eigenvalue weighted by molar-refractivity contribution is 6.88. The van der Waals surface area contributed by atoms with Gasteiger partial charge in [0.15, 0.2) is 0 Å². The van der Waals surface area contributed by atoms with Crippen molar-refractivity contribution in [1.29, 1.82) is 0 Å². The molecule has 50 heavy (non-hydrogen) atoms. The number of hydrogen-bond acceptors (Lipinski definition) is 0. The van der Waals surface area contributed by atoms with Crippen molar-refractivity contribution in [3.05, 3.63) is 176 Å². The molecular formula is C49H38Si. The molecule has 0 unspecified atom stereocenters. The summed E-state index contributed by atoms with van der Waals surface area (Å²) in [6, 6.07) is 65.4. The Morgan fingerprint density at radius 1 is 0.300 bits per heavy atom. The molecule has 0 bridgehead atoms. The summed E-state index contributed by atoms with van der Waals surface area (Å²) in [7, 11) is -1.40. The minimum absolute atomic E-state index is 1.24. The average Bonchev–Trinajstić information content (AvgIpc) is 3.16. The van der Waals surface area contributed by atoms with E-state index < -0.39 is 8.07 Å². The summed E-state index contributed by atoms with van der Waals surface area (Å²) in [6.07, 6.45) is 0. The molecule has 0 atom stereocenters. The van der Waals surface area contributed by atoms with Gasteiger partial charge >= 0.3 is 0 Å². The van der Waals surface area contributed by atoms with E-state index in [4.69, 9.17) is 0 Å². The summed E-state index contributed by atoms with van der Waals surface area (Å²) in [5.41, 5.74) is 10.1. The van der Waals surface area contributed by atoms with Crippen LogP contribution in [0.25, 0.3) is 87.6 Å². The van der Waals surface area contributed by atoms with Crippen LogP contribution in [-0.4, -0.2) is 8.07 Å². The van der Waals surface area contributed by atoms with Crippen LogP contribution in [0.3, 0.4) is 0 Å². The zero-order valence-corrected chi connectivity index (χ0v) is 29.7. The van der Waals surface area contributed by atoms with Crippen molar-refractivity contribution in [3.63, 3.8) is 0 Å². The smallest absolute Gasteiger partial charge is 0.0656 e. The van der Waals surface area contributed by atoms with E-state index in [0.717, 1.165) is 0 Å². The molecule has 0 N–H and O–H groups in total. The highest BCUT2D eigenvalue weighted by Crippen LogP contribution is 2.45. The van der Waals surface area contributed by atoms with Crippen molar-refractivity contribution in [1.82, 2.24) is 0 Å². The molecule has 0 nitrogen and oxygen atoms in total. The first-order valence-electron chi connectivity index (χ1n) is 17.6. The summed E-state index contributed by atoms with van der Waals surface area (Å²) in [5.74, 6) is 0. The molecule has 0 aliphatic heterocycles. The quantitative estimate of drug-likeness (QED) is 0.128. The topological polar surface area (TPSA) is 0 Å². The SMILES string of the molecule is C[Si](C)(C)c1ccc(-c2c3ccccc3c(-c3ccc4cccc(-c5ccccc5-c5cccc6ccccc56)c4c3)c3ccccc23)cc1. The predicted octanol–water partition coefficient (Wildman–Crippen LogP) is 13.5. The standard InChI is InChI=1S/C49H38Si/c1-50(2,3)37-30-28-35(29-31-37)48-43-20-8-10-22-45(43)49(46-23-11-9-21-44(46)48)36-27-26-34-16-13-25-42(47(34)32-36)41-19-7-6-18-40(41)39-24-12-15-33-14-4-5-17-38(33)39/h4-32H,1-3H3. The minimum Gasteiger partial charge on any atom is -0.0656 e. The van der Waals surface area contributed by atoms with Crippen molar-refractivity contribution < 1.29 is 0 Å². The molecule has 0 spiro atoms. The van der Waals surface area contributed by atoms with E-state index in [1.807, 2.05) is 0 Å². The van der Waals surface area contributed by atoms with Crippen LogP contribution in [0.5, 0.6) is 0 Å². The molecule has 9 aromatic carbocycles. The van der Waals surface area contributed by atoms with Crippen LogP contribution >= 0.6 is 0 Å². The van der Waals surface area contributed by atoms with E-state index in [0.29, 0.717) is 0 Å². The second-order valence-electron chi connectivity index (χ2n) is 14.5. The second-order valence-corrected chi connectivity index (χ2v) is 19.6. The van der Waals surface area contributed by atoms with Gasteiger partial charge in [0.1, 0.15) is 0 Å². The fourth-order valence-corrected chi connectivity index (χ4v) is 9.13. The summed E-state index contributed by atoms with van der Waals surface area (Å²) in [5, 5.41) is 11.7. The van der Waals surface area contributed by atoms with Gasteiger partial charge in [-0.25, -0.2) is 0 Å². The first-order valence-corrected chi connectivity index (χ1v) is 21.1. The molecule has 0 aromatic heterocycles. The largest absolute Gasteiger partial charge is 0.0775 e. The first-order chi connectivity index (χ1) is 24.5. The van der Waals surface area contributed by atoms with Gasteiger partial charge in [-0.1, -0.05) is 195 Å². The third-order valence-electron chi connectivity index (χ3n) is 10.4. The summed E-state index contributed by atoms with van der Waals surface area (Å²) < 4.78 is 0. The van der Waals surface area contributed by atoms with Gasteiger partial charge in [0.2, 0.25) is 0 Å². The lowest BCUT2D eigenvalue weighted by molar-refractivity contribution is 1.62. The van der Waals surface area contributed by atoms with E-state index in [9.17, 15) is 0 Å². The summed E-state index contributed by atoms with van der Waals surface area (Å²) >= 11 is 0. The van der Waals surface area contributed by atoms with Gasteiger partial charge < -0.3 is 0 Å². The maximum absolute atomic E-state index is 2.43. The van der Waals surface area contributed by atoms with Crippen molar-refractivity contribution in [2.75, 3.05) is 0 Å². The summed E-state index contributed by atoms with van der Waals surface area (Å²) in [4.78, 5) is 0. The molecule has 0 amide bonds. The minimum atomic E-state index is -1.40. The fourth-order valence-electron chi connectivity index (χ4n) is 7.96. The van der Waals surface area contributed by atoms with E-state index in [2.05, 4.69) is 196 Å². The maximum Gasteiger partial charge on any atom is 0.0775 e. The molecule has 0 heterocycles. The zero-order chi connectivity index (χ0) is 33.8. The third kappa shape index (κ3) is 5.05. The Labute approximate surface area is 295 Å². The van der Waals surface area contributed by atoms with Crippen LogP contribution in [0.2, 0.25) is 19.6 Å². The van der Waals surface area contributed by atoms with Gasteiger partial charge in [-0.15, -0.1) is 0 Å². The number of hydrogen-bond donors (Lipinski definition) is 0. The number of benzene rings is 9. The maximum atomic E-state index is 2.43. The Morgan fingerprint density at radius 3 is 1.26 bits per heavy atom. The van der Waals surface area contributed by atoms with Gasteiger partial charge in [-0.3, -0.25) is 0 Å². The lowest BCUT2D eigenvalue weighted by Crippen LogP contribution is -2.37. The van der Waals surface area contributed by atoms with Gasteiger partial charge in [0, 0.05) is 0 Å². The van der Waals surface area contributed by atoms with Crippen molar-refractivity contribution >= 4 is 56.4 Å². The molecule has 0 aliphatic carbocycles. The molecule has 0 saturated heterocycles. The van der Waals surface area contributed by atoms with E-state index in [-0.39, 0.29) is 0 Å². The van der Waals surface area contributed by atoms with Crippen LogP contribution in [0.4, 0.5) is 0 Å². The van der Waals surface area contributed by atoms with Gasteiger partial charge in [0.05, 0.1) is 8.07 Å². The average molecular weight is 655 g/mol. The van der Waals surface area contributed by atoms with Crippen LogP contribution in [0.15, 0.2) is 176 Å². The van der Waals surface area contributed by atoms with E-state index in [1.54, 1.807) is 0 Å². The lowest BCUT2D eigenvalue weighted by Gasteiger charge is -2.20. The van der Waals surface area contributed by atoms with Crippen LogP contribution in [0, 0.1) is 0 Å². The Kier molecular flexibility index (Phi) is 7.26. The first kappa shape index (κ1) is 30.3. The third-order valence-corrected chi connectivity index (χ3v) is 12.5. The second kappa shape index (κ2) is 12.0. The number of rotatable bonds is 5. The van der Waals surface area contributed by atoms with Crippen LogP contribution < -0.4 is 5.19 Å². The van der Waals surface area contributed by atoms with Crippen LogP contribution in [-0.2, 0) is 0 Å². The molecule has 0 radical (unpaired) electrons. The molecular weight excluding hydrogens is 617 g/mol. The van der Waals surface area contributed by atoms with Crippen molar-refractivity contribution in [2.45, 2.75) is 19.6 Å². The van der Waals surface area contributed by atoms with Gasteiger partial charge in [-0.2, -0.15) is 0 Å². The highest BCUT2D eigenvalue weighted by Gasteiger charge is 2.20. The molecule has 0 fully saturated rings. The Hall–Kier alpha value is -5.76. The monoisotopic (exact) mass is 654 g/mol. The molecule has 0 saturated carbocycles. The molecule has 0 aliphatic rings. The molecule has 238 valence electrons. The Morgan fingerprint density at radius 2 is 0.700 bits per heavy atom. The predicted molar refractivity (Wildman–Crippen MR) is 221 cm³/mol. The Bertz CT molecular complexity index is 2660. The van der Waals surface area contributed by atoms with Crippen molar-refractivity contribution in [2.24, 2.45) is 0 Å². The highest BCUT2D eigenvalue weighted by atomic mass is 28.3. The molecule has 1 heteroatoms. The van der Waals surface area contributed by atoms with Gasteiger partial charge in [-0.05, 0) is 93.7 Å². The Balaban J connectivity index is 1.28. The van der Waals surface area contributed by atoms with E-state index >= 15 is 0 Å². The van der Waals surface area contributed by atoms with Gasteiger partial charge in [0.25, 0.3) is 0 Å². The number of fused-ring (bicyclic) bond motifs is 4. The fraction of sp³-hybridized carbons (Fsp3) is 0.0612.